The smallest absolute Gasteiger partial charge is 0.221 e. The molecule has 4 N–H and O–H groups in total. The summed E-state index contributed by atoms with van der Waals surface area (Å²) in [6, 6.07) is 0. The lowest BCUT2D eigenvalue weighted by Gasteiger charge is -2.15. The minimum Gasteiger partial charge on any atom is -0.396 e. The van der Waals surface area contributed by atoms with E-state index in [9.17, 15) is 4.79 Å². The molecule has 1 unspecified atom stereocenters. The van der Waals surface area contributed by atoms with Gasteiger partial charge < -0.3 is 21.1 Å². The van der Waals surface area contributed by atoms with Crippen molar-refractivity contribution in [2.24, 2.45) is 10.9 Å². The lowest BCUT2D eigenvalue weighted by atomic mass is 10.0. The molecule has 0 radical (unpaired) electrons. The fourth-order valence-electron chi connectivity index (χ4n) is 2.13. The second-order valence-electron chi connectivity index (χ2n) is 5.41. The van der Waals surface area contributed by atoms with Gasteiger partial charge in [-0.15, -0.1) is 24.0 Å². The Morgan fingerprint density at radius 2 is 1.78 bits per heavy atom. The third-order valence-electron chi connectivity index (χ3n) is 3.30. The zero-order valence-electron chi connectivity index (χ0n) is 14.9. The summed E-state index contributed by atoms with van der Waals surface area (Å²) in [5.41, 5.74) is 0. The third kappa shape index (κ3) is 14.7. The molecule has 23 heavy (non-hydrogen) atoms. The van der Waals surface area contributed by atoms with Crippen molar-refractivity contribution in [2.45, 2.75) is 52.9 Å². The van der Waals surface area contributed by atoms with Crippen molar-refractivity contribution in [3.8, 4) is 0 Å². The highest BCUT2D eigenvalue weighted by molar-refractivity contribution is 14.0. The monoisotopic (exact) mass is 442 g/mol. The molecule has 0 aromatic carbocycles. The van der Waals surface area contributed by atoms with Crippen molar-refractivity contribution in [1.82, 2.24) is 16.0 Å². The molecule has 138 valence electrons. The quantitative estimate of drug-likeness (QED) is 0.211. The van der Waals surface area contributed by atoms with Crippen LogP contribution in [-0.2, 0) is 4.79 Å². The van der Waals surface area contributed by atoms with Crippen molar-refractivity contribution in [3.05, 3.63) is 0 Å². The molecule has 6 nitrogen and oxygen atoms in total. The van der Waals surface area contributed by atoms with E-state index in [-0.39, 0.29) is 36.5 Å². The average molecular weight is 442 g/mol. The first-order chi connectivity index (χ1) is 10.7. The summed E-state index contributed by atoms with van der Waals surface area (Å²) in [6.45, 7) is 9.19. The molecule has 0 heterocycles. The van der Waals surface area contributed by atoms with E-state index in [4.69, 9.17) is 5.11 Å². The number of aliphatic hydroxyl groups is 1. The second kappa shape index (κ2) is 17.8. The molecule has 0 spiro atoms. The van der Waals surface area contributed by atoms with Crippen LogP contribution in [-0.4, -0.2) is 49.8 Å². The van der Waals surface area contributed by atoms with E-state index >= 15 is 0 Å². The minimum absolute atomic E-state index is 0. The number of aliphatic hydroxyl groups excluding tert-OH is 1. The van der Waals surface area contributed by atoms with Crippen molar-refractivity contribution >= 4 is 35.8 Å². The molecule has 0 aliphatic heterocycles. The van der Waals surface area contributed by atoms with Crippen molar-refractivity contribution in [2.75, 3.05) is 32.8 Å². The van der Waals surface area contributed by atoms with Gasteiger partial charge in [-0.3, -0.25) is 9.79 Å². The first kappa shape index (κ1) is 24.7. The van der Waals surface area contributed by atoms with Gasteiger partial charge in [-0.1, -0.05) is 20.3 Å². The minimum atomic E-state index is 0. The molecule has 1 atom stereocenters. The predicted molar refractivity (Wildman–Crippen MR) is 107 cm³/mol. The van der Waals surface area contributed by atoms with Crippen LogP contribution in [0, 0.1) is 5.92 Å². The Hall–Kier alpha value is -0.570. The third-order valence-corrected chi connectivity index (χ3v) is 3.30. The molecule has 1 amide bonds. The van der Waals surface area contributed by atoms with Gasteiger partial charge in [0.2, 0.25) is 5.91 Å². The van der Waals surface area contributed by atoms with Crippen LogP contribution in [0.5, 0.6) is 0 Å². The SMILES string of the molecule is CCCNC(=O)CCNC(=NCC(CCC)CCO)NCC.I. The molecule has 0 rings (SSSR count). The van der Waals surface area contributed by atoms with Gasteiger partial charge in [-0.05, 0) is 32.1 Å². The lowest BCUT2D eigenvalue weighted by molar-refractivity contribution is -0.120. The summed E-state index contributed by atoms with van der Waals surface area (Å²) in [7, 11) is 0. The fraction of sp³-hybridized carbons (Fsp3) is 0.875. The van der Waals surface area contributed by atoms with Gasteiger partial charge >= 0.3 is 0 Å². The molecule has 0 bridgehead atoms. The highest BCUT2D eigenvalue weighted by Crippen LogP contribution is 2.10. The van der Waals surface area contributed by atoms with Crippen LogP contribution in [0.1, 0.15) is 52.9 Å². The normalized spacial score (nSPS) is 12.3. The van der Waals surface area contributed by atoms with Crippen LogP contribution in [0.4, 0.5) is 0 Å². The van der Waals surface area contributed by atoms with Crippen molar-refractivity contribution in [3.63, 3.8) is 0 Å². The molecule has 0 aromatic rings. The number of aliphatic imine (C=N–C) groups is 1. The summed E-state index contributed by atoms with van der Waals surface area (Å²) in [4.78, 5) is 16.1. The molecule has 0 aliphatic rings. The van der Waals surface area contributed by atoms with E-state index in [1.807, 2.05) is 13.8 Å². The van der Waals surface area contributed by atoms with E-state index in [2.05, 4.69) is 27.9 Å². The number of nitrogens with one attached hydrogen (secondary N) is 3. The van der Waals surface area contributed by atoms with Gasteiger partial charge in [-0.25, -0.2) is 0 Å². The summed E-state index contributed by atoms with van der Waals surface area (Å²) < 4.78 is 0. The largest absolute Gasteiger partial charge is 0.396 e. The van der Waals surface area contributed by atoms with Crippen molar-refractivity contribution in [1.29, 1.82) is 0 Å². The van der Waals surface area contributed by atoms with Crippen LogP contribution >= 0.6 is 24.0 Å². The zero-order valence-corrected chi connectivity index (χ0v) is 17.2. The summed E-state index contributed by atoms with van der Waals surface area (Å²) in [5, 5.41) is 18.3. The summed E-state index contributed by atoms with van der Waals surface area (Å²) >= 11 is 0. The molecule has 7 heteroatoms. The maximum absolute atomic E-state index is 11.5. The van der Waals surface area contributed by atoms with Gasteiger partial charge in [0.05, 0.1) is 0 Å². The molecule has 0 saturated heterocycles. The van der Waals surface area contributed by atoms with Crippen LogP contribution < -0.4 is 16.0 Å². The van der Waals surface area contributed by atoms with Crippen LogP contribution in [0.2, 0.25) is 0 Å². The number of rotatable bonds is 12. The van der Waals surface area contributed by atoms with Gasteiger partial charge in [0.1, 0.15) is 0 Å². The average Bonchev–Trinajstić information content (AvgIpc) is 2.50. The van der Waals surface area contributed by atoms with Gasteiger partial charge in [0, 0.05) is 39.2 Å². The number of halogens is 1. The Morgan fingerprint density at radius 1 is 1.04 bits per heavy atom. The maximum atomic E-state index is 11.5. The second-order valence-corrected chi connectivity index (χ2v) is 5.41. The standard InChI is InChI=1S/C16H34N4O2.HI/c1-4-7-14(9-12-21)13-20-16(17-6-3)19-11-8-15(22)18-10-5-2;/h14,21H,4-13H2,1-3H3,(H,18,22)(H2,17,19,20);1H. The topological polar surface area (TPSA) is 85.8 Å². The van der Waals surface area contributed by atoms with Gasteiger partial charge in [-0.2, -0.15) is 0 Å². The van der Waals surface area contributed by atoms with Crippen LogP contribution in [0.3, 0.4) is 0 Å². The molecular formula is C16H35IN4O2. The van der Waals surface area contributed by atoms with E-state index in [0.717, 1.165) is 44.7 Å². The molecule has 0 fully saturated rings. The Kier molecular flexibility index (Phi) is 19.1. The number of hydrogen-bond donors (Lipinski definition) is 4. The van der Waals surface area contributed by atoms with Gasteiger partial charge in [0.15, 0.2) is 5.96 Å². The molecule has 0 aromatic heterocycles. The number of guanidine groups is 1. The van der Waals surface area contributed by atoms with E-state index < -0.39 is 0 Å². The predicted octanol–water partition coefficient (Wildman–Crippen LogP) is 1.87. The number of hydrogen-bond acceptors (Lipinski definition) is 3. The number of amides is 1. The van der Waals surface area contributed by atoms with Gasteiger partial charge in [0.25, 0.3) is 0 Å². The Balaban J connectivity index is 0. The molecule has 0 saturated carbocycles. The summed E-state index contributed by atoms with van der Waals surface area (Å²) in [5.74, 6) is 1.22. The Morgan fingerprint density at radius 3 is 2.35 bits per heavy atom. The lowest BCUT2D eigenvalue weighted by Crippen LogP contribution is -2.39. The number of carbonyl (C=O) groups excluding carboxylic acids is 1. The fourth-order valence-corrected chi connectivity index (χ4v) is 2.13. The van der Waals surface area contributed by atoms with Crippen LogP contribution in [0.15, 0.2) is 4.99 Å². The summed E-state index contributed by atoms with van der Waals surface area (Å²) in [6.07, 6.45) is 4.35. The number of carbonyl (C=O) groups is 1. The Labute approximate surface area is 158 Å². The van der Waals surface area contributed by atoms with E-state index in [0.29, 0.717) is 25.4 Å². The first-order valence-electron chi connectivity index (χ1n) is 8.57. The highest BCUT2D eigenvalue weighted by atomic mass is 127. The first-order valence-corrected chi connectivity index (χ1v) is 8.57. The molecule has 0 aliphatic carbocycles. The van der Waals surface area contributed by atoms with Crippen molar-refractivity contribution < 1.29 is 9.90 Å². The van der Waals surface area contributed by atoms with E-state index in [1.165, 1.54) is 0 Å². The Bertz CT molecular complexity index is 308. The maximum Gasteiger partial charge on any atom is 0.221 e. The van der Waals surface area contributed by atoms with E-state index in [1.54, 1.807) is 0 Å². The number of nitrogens with zero attached hydrogens (tertiary/aromatic N) is 1. The van der Waals surface area contributed by atoms with Crippen LogP contribution in [0.25, 0.3) is 0 Å². The zero-order chi connectivity index (χ0) is 16.6. The highest BCUT2D eigenvalue weighted by Gasteiger charge is 2.07. The molecular weight excluding hydrogens is 407 g/mol.